The molecule has 0 aliphatic carbocycles. The van der Waals surface area contributed by atoms with E-state index in [-0.39, 0.29) is 10.6 Å². The van der Waals surface area contributed by atoms with Gasteiger partial charge in [-0.2, -0.15) is 5.26 Å². The Morgan fingerprint density at radius 2 is 2.00 bits per heavy atom. The molecular formula is C14H9ClFNOS. The van der Waals surface area contributed by atoms with Gasteiger partial charge in [0.2, 0.25) is 0 Å². The fourth-order valence-electron chi connectivity index (χ4n) is 1.58. The van der Waals surface area contributed by atoms with Gasteiger partial charge in [-0.25, -0.2) is 4.39 Å². The number of halogens is 2. The van der Waals surface area contributed by atoms with Crippen LogP contribution in [0.5, 0.6) is 0 Å². The summed E-state index contributed by atoms with van der Waals surface area (Å²) >= 11 is 6.00. The van der Waals surface area contributed by atoms with E-state index in [2.05, 4.69) is 0 Å². The molecule has 0 saturated carbocycles. The highest BCUT2D eigenvalue weighted by atomic mass is 35.5. The van der Waals surface area contributed by atoms with Crippen molar-refractivity contribution in [3.63, 3.8) is 0 Å². The van der Waals surface area contributed by atoms with Crippen molar-refractivity contribution in [2.45, 2.75) is 10.6 Å². The maximum atomic E-state index is 13.5. The Morgan fingerprint density at radius 1 is 1.26 bits per heavy atom. The van der Waals surface area contributed by atoms with Crippen molar-refractivity contribution in [2.24, 2.45) is 0 Å². The Kier molecular flexibility index (Phi) is 4.31. The molecule has 96 valence electrons. The van der Waals surface area contributed by atoms with E-state index in [1.54, 1.807) is 24.3 Å². The minimum absolute atomic E-state index is 0.117. The van der Waals surface area contributed by atoms with Crippen molar-refractivity contribution in [1.82, 2.24) is 0 Å². The summed E-state index contributed by atoms with van der Waals surface area (Å²) in [4.78, 5) is 0.155. The van der Waals surface area contributed by atoms with E-state index < -0.39 is 16.6 Å². The summed E-state index contributed by atoms with van der Waals surface area (Å²) < 4.78 is 25.6. The molecule has 2 aromatic carbocycles. The number of hydrogen-bond acceptors (Lipinski definition) is 2. The summed E-state index contributed by atoms with van der Waals surface area (Å²) in [5.41, 5.74) is 1.06. The molecule has 0 aromatic heterocycles. The van der Waals surface area contributed by atoms with E-state index in [0.29, 0.717) is 16.1 Å². The van der Waals surface area contributed by atoms with E-state index in [9.17, 15) is 8.60 Å². The second kappa shape index (κ2) is 5.96. The summed E-state index contributed by atoms with van der Waals surface area (Å²) in [6, 6.07) is 12.7. The molecule has 0 saturated heterocycles. The van der Waals surface area contributed by atoms with Gasteiger partial charge in [-0.1, -0.05) is 29.8 Å². The molecule has 2 nitrogen and oxygen atoms in total. The molecular weight excluding hydrogens is 285 g/mol. The van der Waals surface area contributed by atoms with Gasteiger partial charge in [0.15, 0.2) is 0 Å². The van der Waals surface area contributed by atoms with Crippen LogP contribution in [0.1, 0.15) is 11.1 Å². The van der Waals surface area contributed by atoms with Gasteiger partial charge in [-0.05, 0) is 29.8 Å². The van der Waals surface area contributed by atoms with Crippen LogP contribution >= 0.6 is 11.6 Å². The normalized spacial score (nSPS) is 11.8. The van der Waals surface area contributed by atoms with Crippen molar-refractivity contribution in [1.29, 1.82) is 5.26 Å². The molecule has 0 heterocycles. The molecule has 0 aliphatic heterocycles. The molecule has 19 heavy (non-hydrogen) atoms. The first-order valence-electron chi connectivity index (χ1n) is 5.43. The lowest BCUT2D eigenvalue weighted by Crippen LogP contribution is -2.00. The Bertz CT molecular complexity index is 681. The molecule has 0 N–H and O–H groups in total. The van der Waals surface area contributed by atoms with Crippen molar-refractivity contribution in [3.8, 4) is 6.07 Å². The third-order valence-corrected chi connectivity index (χ3v) is 4.30. The van der Waals surface area contributed by atoms with E-state index in [1.807, 2.05) is 6.07 Å². The third-order valence-electron chi connectivity index (χ3n) is 2.55. The molecule has 2 rings (SSSR count). The molecule has 0 fully saturated rings. The fourth-order valence-corrected chi connectivity index (χ4v) is 3.11. The van der Waals surface area contributed by atoms with Crippen LogP contribution in [-0.4, -0.2) is 4.21 Å². The van der Waals surface area contributed by atoms with E-state index in [0.717, 1.165) is 0 Å². The SMILES string of the molecule is N#Cc1ccc(CS(=O)c2ccccc2F)c(Cl)c1. The molecule has 1 atom stereocenters. The van der Waals surface area contributed by atoms with E-state index in [1.165, 1.54) is 18.2 Å². The van der Waals surface area contributed by atoms with Gasteiger partial charge >= 0.3 is 0 Å². The zero-order chi connectivity index (χ0) is 13.8. The number of benzene rings is 2. The quantitative estimate of drug-likeness (QED) is 0.866. The number of nitrogens with zero attached hydrogens (tertiary/aromatic N) is 1. The van der Waals surface area contributed by atoms with Gasteiger partial charge in [-0.3, -0.25) is 4.21 Å². The summed E-state index contributed by atoms with van der Waals surface area (Å²) in [7, 11) is -1.51. The molecule has 0 radical (unpaired) electrons. The zero-order valence-corrected chi connectivity index (χ0v) is 11.3. The summed E-state index contributed by atoms with van der Waals surface area (Å²) in [6.07, 6.45) is 0. The molecule has 0 spiro atoms. The van der Waals surface area contributed by atoms with Gasteiger partial charge in [0, 0.05) is 5.02 Å². The van der Waals surface area contributed by atoms with Crippen LogP contribution in [0.2, 0.25) is 5.02 Å². The molecule has 5 heteroatoms. The summed E-state index contributed by atoms with van der Waals surface area (Å²) in [5.74, 6) is -0.378. The highest BCUT2D eigenvalue weighted by molar-refractivity contribution is 7.84. The van der Waals surface area contributed by atoms with Crippen LogP contribution in [0.3, 0.4) is 0 Å². The Labute approximate surface area is 117 Å². The maximum Gasteiger partial charge on any atom is 0.139 e. The smallest absolute Gasteiger partial charge is 0.139 e. The molecule has 0 bridgehead atoms. The minimum atomic E-state index is -1.51. The van der Waals surface area contributed by atoms with Crippen LogP contribution in [0, 0.1) is 17.1 Å². The van der Waals surface area contributed by atoms with Gasteiger partial charge in [0.05, 0.1) is 33.1 Å². The van der Waals surface area contributed by atoms with Crippen molar-refractivity contribution in [2.75, 3.05) is 0 Å². The predicted octanol–water partition coefficient (Wildman–Crippen LogP) is 3.66. The second-order valence-electron chi connectivity index (χ2n) is 3.84. The average Bonchev–Trinajstić information content (AvgIpc) is 2.41. The van der Waals surface area contributed by atoms with Crippen molar-refractivity contribution >= 4 is 22.4 Å². The number of rotatable bonds is 3. The Morgan fingerprint density at radius 3 is 2.63 bits per heavy atom. The maximum absolute atomic E-state index is 13.5. The predicted molar refractivity (Wildman–Crippen MR) is 72.7 cm³/mol. The summed E-state index contributed by atoms with van der Waals surface area (Å²) in [6.45, 7) is 0. The zero-order valence-electron chi connectivity index (χ0n) is 9.77. The Balaban J connectivity index is 2.25. The monoisotopic (exact) mass is 293 g/mol. The van der Waals surface area contributed by atoms with Crippen LogP contribution in [-0.2, 0) is 16.6 Å². The number of hydrogen-bond donors (Lipinski definition) is 0. The topological polar surface area (TPSA) is 40.9 Å². The lowest BCUT2D eigenvalue weighted by atomic mass is 10.2. The van der Waals surface area contributed by atoms with Crippen LogP contribution < -0.4 is 0 Å². The number of nitriles is 1. The Hall–Kier alpha value is -1.70. The van der Waals surface area contributed by atoms with Crippen molar-refractivity contribution < 1.29 is 8.60 Å². The standard InChI is InChI=1S/C14H9ClFNOS/c15-12-7-10(8-17)5-6-11(12)9-19(18)14-4-2-1-3-13(14)16/h1-7H,9H2. The first kappa shape index (κ1) is 13.7. The highest BCUT2D eigenvalue weighted by Crippen LogP contribution is 2.22. The lowest BCUT2D eigenvalue weighted by molar-refractivity contribution is 0.595. The fraction of sp³-hybridized carbons (Fsp3) is 0.0714. The van der Waals surface area contributed by atoms with Gasteiger partial charge in [-0.15, -0.1) is 0 Å². The van der Waals surface area contributed by atoms with Crippen LogP contribution in [0.25, 0.3) is 0 Å². The van der Waals surface area contributed by atoms with Crippen LogP contribution in [0.15, 0.2) is 47.4 Å². The first-order chi connectivity index (χ1) is 9.11. The van der Waals surface area contributed by atoms with Gasteiger partial charge in [0.25, 0.3) is 0 Å². The molecule has 0 aliphatic rings. The second-order valence-corrected chi connectivity index (χ2v) is 5.67. The van der Waals surface area contributed by atoms with Crippen LogP contribution in [0.4, 0.5) is 4.39 Å². The average molecular weight is 294 g/mol. The first-order valence-corrected chi connectivity index (χ1v) is 7.13. The summed E-state index contributed by atoms with van der Waals surface area (Å²) in [5, 5.41) is 9.10. The highest BCUT2D eigenvalue weighted by Gasteiger charge is 2.12. The van der Waals surface area contributed by atoms with E-state index >= 15 is 0 Å². The van der Waals surface area contributed by atoms with Crippen molar-refractivity contribution in [3.05, 3.63) is 64.4 Å². The minimum Gasteiger partial charge on any atom is -0.254 e. The molecule has 0 amide bonds. The van der Waals surface area contributed by atoms with Gasteiger partial charge in [0.1, 0.15) is 5.82 Å². The third kappa shape index (κ3) is 3.19. The van der Waals surface area contributed by atoms with E-state index in [4.69, 9.17) is 16.9 Å². The molecule has 2 aromatic rings. The lowest BCUT2D eigenvalue weighted by Gasteiger charge is -2.06. The van der Waals surface area contributed by atoms with Gasteiger partial charge < -0.3 is 0 Å². The largest absolute Gasteiger partial charge is 0.254 e. The molecule has 1 unspecified atom stereocenters.